The topological polar surface area (TPSA) is 72.4 Å². The molecule has 62 valence electrons. The molecule has 1 heterocycles. The van der Waals surface area contributed by atoms with Gasteiger partial charge in [0.1, 0.15) is 11.6 Å². The van der Waals surface area contributed by atoms with Gasteiger partial charge in [-0.05, 0) is 18.6 Å². The Balaban J connectivity index is 3.58. The zero-order valence-electron chi connectivity index (χ0n) is 6.47. The molecular formula is C7H7N3OS. The molecule has 1 rings (SSSR count). The van der Waals surface area contributed by atoms with Gasteiger partial charge in [0, 0.05) is 5.69 Å². The van der Waals surface area contributed by atoms with Gasteiger partial charge in [-0.15, -0.1) is 0 Å². The maximum absolute atomic E-state index is 11.1. The van der Waals surface area contributed by atoms with Crippen molar-refractivity contribution in [3.05, 3.63) is 26.4 Å². The standard InChI is InChI=1S/C7H7N3OS/c1-2-5-4(3-8)6(11)10-7(12)9-5/h2H2,1H3,(H2,9,10,11,12). The Morgan fingerprint density at radius 1 is 1.58 bits per heavy atom. The maximum Gasteiger partial charge on any atom is 0.269 e. The van der Waals surface area contributed by atoms with Crippen LogP contribution in [0.25, 0.3) is 0 Å². The van der Waals surface area contributed by atoms with E-state index in [9.17, 15) is 4.79 Å². The zero-order valence-corrected chi connectivity index (χ0v) is 7.29. The van der Waals surface area contributed by atoms with E-state index in [2.05, 4.69) is 9.97 Å². The minimum absolute atomic E-state index is 0.117. The van der Waals surface area contributed by atoms with Gasteiger partial charge in [0.05, 0.1) is 0 Å². The van der Waals surface area contributed by atoms with Gasteiger partial charge >= 0.3 is 0 Å². The van der Waals surface area contributed by atoms with Gasteiger partial charge in [0.15, 0.2) is 4.77 Å². The predicted octanol–water partition coefficient (Wildman–Crippen LogP) is 0.867. The van der Waals surface area contributed by atoms with Crippen LogP contribution in [-0.4, -0.2) is 9.97 Å². The number of hydrogen-bond donors (Lipinski definition) is 2. The van der Waals surface area contributed by atoms with E-state index >= 15 is 0 Å². The van der Waals surface area contributed by atoms with Crippen LogP contribution in [0, 0.1) is 16.1 Å². The summed E-state index contributed by atoms with van der Waals surface area (Å²) in [6.45, 7) is 1.85. The van der Waals surface area contributed by atoms with Crippen LogP contribution >= 0.6 is 12.2 Å². The van der Waals surface area contributed by atoms with Crippen LogP contribution in [0.3, 0.4) is 0 Å². The fourth-order valence-electron chi connectivity index (χ4n) is 0.917. The van der Waals surface area contributed by atoms with Gasteiger partial charge in [-0.1, -0.05) is 6.92 Å². The van der Waals surface area contributed by atoms with E-state index in [1.807, 2.05) is 13.0 Å². The lowest BCUT2D eigenvalue weighted by atomic mass is 10.2. The lowest BCUT2D eigenvalue weighted by Crippen LogP contribution is -2.14. The van der Waals surface area contributed by atoms with Crippen molar-refractivity contribution in [3.63, 3.8) is 0 Å². The summed E-state index contributed by atoms with van der Waals surface area (Å²) >= 11 is 4.74. The lowest BCUT2D eigenvalue weighted by molar-refractivity contribution is 0.951. The Morgan fingerprint density at radius 3 is 2.75 bits per heavy atom. The van der Waals surface area contributed by atoms with E-state index in [-0.39, 0.29) is 10.3 Å². The Morgan fingerprint density at radius 2 is 2.25 bits per heavy atom. The molecule has 0 atom stereocenters. The first-order valence-electron chi connectivity index (χ1n) is 3.44. The monoisotopic (exact) mass is 181 g/mol. The number of nitrogens with one attached hydrogen (secondary N) is 2. The minimum atomic E-state index is -0.418. The summed E-state index contributed by atoms with van der Waals surface area (Å²) in [6.07, 6.45) is 0.594. The van der Waals surface area contributed by atoms with E-state index in [0.717, 1.165) is 0 Å². The molecule has 1 aromatic heterocycles. The fourth-order valence-corrected chi connectivity index (χ4v) is 1.13. The molecule has 0 radical (unpaired) electrons. The molecule has 0 fully saturated rings. The van der Waals surface area contributed by atoms with E-state index < -0.39 is 5.56 Å². The van der Waals surface area contributed by atoms with Crippen LogP contribution < -0.4 is 5.56 Å². The van der Waals surface area contributed by atoms with E-state index in [0.29, 0.717) is 12.1 Å². The van der Waals surface area contributed by atoms with Gasteiger partial charge < -0.3 is 4.98 Å². The number of nitriles is 1. The highest BCUT2D eigenvalue weighted by Crippen LogP contribution is 1.97. The number of H-pyrrole nitrogens is 2. The molecule has 5 heteroatoms. The van der Waals surface area contributed by atoms with Crippen molar-refractivity contribution in [2.45, 2.75) is 13.3 Å². The zero-order chi connectivity index (χ0) is 9.14. The van der Waals surface area contributed by atoms with Gasteiger partial charge in [-0.2, -0.15) is 5.26 Å². The van der Waals surface area contributed by atoms with E-state index in [4.69, 9.17) is 17.5 Å². The van der Waals surface area contributed by atoms with Crippen molar-refractivity contribution in [1.29, 1.82) is 5.26 Å². The summed E-state index contributed by atoms with van der Waals surface area (Å²) in [5, 5.41) is 8.60. The number of aryl methyl sites for hydroxylation is 1. The Bertz CT molecular complexity index is 437. The largest absolute Gasteiger partial charge is 0.335 e. The molecule has 0 saturated heterocycles. The second-order valence-electron chi connectivity index (χ2n) is 2.23. The number of aromatic amines is 2. The van der Waals surface area contributed by atoms with Gasteiger partial charge in [-0.3, -0.25) is 9.78 Å². The molecule has 0 aliphatic heterocycles. The Labute approximate surface area is 73.9 Å². The highest BCUT2D eigenvalue weighted by Gasteiger charge is 2.04. The third-order valence-electron chi connectivity index (χ3n) is 1.49. The Hall–Kier alpha value is -1.41. The van der Waals surface area contributed by atoms with Gasteiger partial charge in [-0.25, -0.2) is 0 Å². The molecule has 4 nitrogen and oxygen atoms in total. The summed E-state index contributed by atoms with van der Waals surface area (Å²) in [5.41, 5.74) is 0.287. The van der Waals surface area contributed by atoms with Crippen molar-refractivity contribution in [3.8, 4) is 6.07 Å². The van der Waals surface area contributed by atoms with Gasteiger partial charge in [0.2, 0.25) is 0 Å². The lowest BCUT2D eigenvalue weighted by Gasteiger charge is -1.97. The Kier molecular flexibility index (Phi) is 2.41. The minimum Gasteiger partial charge on any atom is -0.335 e. The molecule has 0 aliphatic carbocycles. The molecule has 0 spiro atoms. The van der Waals surface area contributed by atoms with Gasteiger partial charge in [0.25, 0.3) is 5.56 Å². The van der Waals surface area contributed by atoms with Crippen LogP contribution in [0.4, 0.5) is 0 Å². The summed E-state index contributed by atoms with van der Waals surface area (Å²) in [5.74, 6) is 0. The molecule has 0 unspecified atom stereocenters. The highest BCUT2D eigenvalue weighted by molar-refractivity contribution is 7.71. The van der Waals surface area contributed by atoms with Crippen LogP contribution in [-0.2, 0) is 6.42 Å². The number of hydrogen-bond acceptors (Lipinski definition) is 3. The van der Waals surface area contributed by atoms with E-state index in [1.165, 1.54) is 0 Å². The fraction of sp³-hybridized carbons (Fsp3) is 0.286. The first-order valence-corrected chi connectivity index (χ1v) is 3.85. The second-order valence-corrected chi connectivity index (χ2v) is 2.64. The smallest absolute Gasteiger partial charge is 0.269 e. The predicted molar refractivity (Wildman–Crippen MR) is 46.3 cm³/mol. The maximum atomic E-state index is 11.1. The molecule has 1 aromatic rings. The average Bonchev–Trinajstić information content (AvgIpc) is 2.03. The summed E-state index contributed by atoms with van der Waals surface area (Å²) < 4.78 is 0.260. The molecule has 2 N–H and O–H groups in total. The van der Waals surface area contributed by atoms with Crippen LogP contribution in [0.1, 0.15) is 18.2 Å². The SMILES string of the molecule is CCc1[nH]c(=S)[nH]c(=O)c1C#N. The molecule has 0 aliphatic rings. The number of nitrogens with zero attached hydrogens (tertiary/aromatic N) is 1. The van der Waals surface area contributed by atoms with E-state index in [1.54, 1.807) is 0 Å². The van der Waals surface area contributed by atoms with Crippen LogP contribution in [0.15, 0.2) is 4.79 Å². The average molecular weight is 181 g/mol. The van der Waals surface area contributed by atoms with Crippen molar-refractivity contribution >= 4 is 12.2 Å². The number of rotatable bonds is 1. The third-order valence-corrected chi connectivity index (χ3v) is 1.69. The summed E-state index contributed by atoms with van der Waals surface area (Å²) in [4.78, 5) is 16.2. The van der Waals surface area contributed by atoms with Crippen molar-refractivity contribution in [2.24, 2.45) is 0 Å². The van der Waals surface area contributed by atoms with Crippen molar-refractivity contribution in [2.75, 3.05) is 0 Å². The van der Waals surface area contributed by atoms with Crippen molar-refractivity contribution in [1.82, 2.24) is 9.97 Å². The molecule has 12 heavy (non-hydrogen) atoms. The first kappa shape index (κ1) is 8.68. The molecule has 0 bridgehead atoms. The number of aromatic nitrogens is 2. The molecule has 0 aromatic carbocycles. The quantitative estimate of drug-likeness (QED) is 0.631. The van der Waals surface area contributed by atoms with Crippen LogP contribution in [0.5, 0.6) is 0 Å². The van der Waals surface area contributed by atoms with Crippen LogP contribution in [0.2, 0.25) is 0 Å². The summed E-state index contributed by atoms with van der Waals surface area (Å²) in [7, 11) is 0. The first-order chi connectivity index (χ1) is 5.69. The molecular weight excluding hydrogens is 174 g/mol. The third kappa shape index (κ3) is 1.43. The highest BCUT2D eigenvalue weighted by atomic mass is 32.1. The molecule has 0 saturated carbocycles. The van der Waals surface area contributed by atoms with Crippen molar-refractivity contribution < 1.29 is 0 Å². The summed E-state index contributed by atoms with van der Waals surface area (Å²) in [6, 6.07) is 1.82. The normalized spacial score (nSPS) is 9.33. The molecule has 0 amide bonds. The second kappa shape index (κ2) is 3.32.